The smallest absolute Gasteiger partial charge is 0.218 e. The van der Waals surface area contributed by atoms with Gasteiger partial charge < -0.3 is 15.4 Å². The molecule has 1 unspecified atom stereocenters. The molecule has 23 heavy (non-hydrogen) atoms. The Morgan fingerprint density at radius 1 is 1.48 bits per heavy atom. The number of aromatic nitrogens is 1. The van der Waals surface area contributed by atoms with E-state index >= 15 is 0 Å². The normalized spacial score (nSPS) is 21.3. The SMILES string of the molecule is CCCOc1ncccc1CNC(=NC)NCC1(C)CCCS1. The lowest BCUT2D eigenvalue weighted by Gasteiger charge is -2.24. The molecule has 0 aromatic carbocycles. The van der Waals surface area contributed by atoms with E-state index in [9.17, 15) is 0 Å². The number of nitrogens with one attached hydrogen (secondary N) is 2. The minimum absolute atomic E-state index is 0.321. The van der Waals surface area contributed by atoms with E-state index in [1.54, 1.807) is 13.2 Å². The van der Waals surface area contributed by atoms with Crippen molar-refractivity contribution < 1.29 is 4.74 Å². The quantitative estimate of drug-likeness (QED) is 0.592. The van der Waals surface area contributed by atoms with E-state index < -0.39 is 0 Å². The van der Waals surface area contributed by atoms with Crippen LogP contribution < -0.4 is 15.4 Å². The van der Waals surface area contributed by atoms with Gasteiger partial charge in [-0.1, -0.05) is 13.0 Å². The number of guanidine groups is 1. The van der Waals surface area contributed by atoms with Crippen molar-refractivity contribution in [3.63, 3.8) is 0 Å². The number of ether oxygens (including phenoxy) is 1. The predicted octanol–water partition coefficient (Wildman–Crippen LogP) is 2.82. The van der Waals surface area contributed by atoms with Crippen LogP contribution in [0.5, 0.6) is 5.88 Å². The molecule has 2 rings (SSSR count). The van der Waals surface area contributed by atoms with E-state index in [-0.39, 0.29) is 0 Å². The molecular weight excluding hydrogens is 308 g/mol. The molecule has 0 bridgehead atoms. The van der Waals surface area contributed by atoms with E-state index in [0.29, 0.717) is 23.8 Å². The standard InChI is InChI=1S/C17H28N4OS/c1-4-10-22-15-14(7-5-9-19-15)12-20-16(18-3)21-13-17(2)8-6-11-23-17/h5,7,9H,4,6,8,10-13H2,1-3H3,(H2,18,20,21). The highest BCUT2D eigenvalue weighted by molar-refractivity contribution is 8.00. The van der Waals surface area contributed by atoms with Gasteiger partial charge in [0.05, 0.1) is 6.61 Å². The van der Waals surface area contributed by atoms with Gasteiger partial charge in [-0.15, -0.1) is 0 Å². The second-order valence-corrected chi connectivity index (χ2v) is 7.68. The second-order valence-electron chi connectivity index (χ2n) is 6.00. The molecule has 1 aromatic heterocycles. The maximum absolute atomic E-state index is 5.69. The number of pyridine rings is 1. The average molecular weight is 337 g/mol. The molecule has 2 N–H and O–H groups in total. The van der Waals surface area contributed by atoms with Crippen molar-refractivity contribution in [3.05, 3.63) is 23.9 Å². The summed E-state index contributed by atoms with van der Waals surface area (Å²) in [5, 5.41) is 6.79. The maximum Gasteiger partial charge on any atom is 0.218 e. The van der Waals surface area contributed by atoms with Crippen LogP contribution in [0.2, 0.25) is 0 Å². The number of hydrogen-bond donors (Lipinski definition) is 2. The third-order valence-corrected chi connectivity index (χ3v) is 5.43. The van der Waals surface area contributed by atoms with Crippen molar-refractivity contribution in [1.82, 2.24) is 15.6 Å². The van der Waals surface area contributed by atoms with Crippen molar-refractivity contribution in [2.24, 2.45) is 4.99 Å². The van der Waals surface area contributed by atoms with Gasteiger partial charge in [-0.3, -0.25) is 4.99 Å². The molecular formula is C17H28N4OS. The molecule has 0 aliphatic carbocycles. The fraction of sp³-hybridized carbons (Fsp3) is 0.647. The fourth-order valence-electron chi connectivity index (χ4n) is 2.53. The minimum Gasteiger partial charge on any atom is -0.477 e. The Morgan fingerprint density at radius 3 is 3.04 bits per heavy atom. The summed E-state index contributed by atoms with van der Waals surface area (Å²) in [5.41, 5.74) is 1.05. The molecule has 1 aromatic rings. The summed E-state index contributed by atoms with van der Waals surface area (Å²) < 4.78 is 6.02. The van der Waals surface area contributed by atoms with E-state index in [1.165, 1.54) is 18.6 Å². The van der Waals surface area contributed by atoms with E-state index in [4.69, 9.17) is 4.74 Å². The van der Waals surface area contributed by atoms with Crippen molar-refractivity contribution in [1.29, 1.82) is 0 Å². The lowest BCUT2D eigenvalue weighted by molar-refractivity contribution is 0.301. The largest absolute Gasteiger partial charge is 0.477 e. The average Bonchev–Trinajstić information content (AvgIpc) is 3.01. The highest BCUT2D eigenvalue weighted by atomic mass is 32.2. The first-order valence-corrected chi connectivity index (χ1v) is 9.30. The number of thioether (sulfide) groups is 1. The summed E-state index contributed by atoms with van der Waals surface area (Å²) in [6.45, 7) is 6.68. The molecule has 1 fully saturated rings. The van der Waals surface area contributed by atoms with Crippen LogP contribution in [0.1, 0.15) is 38.7 Å². The van der Waals surface area contributed by atoms with Gasteiger partial charge in [-0.05, 0) is 38.0 Å². The molecule has 0 spiro atoms. The van der Waals surface area contributed by atoms with Crippen LogP contribution in [0.4, 0.5) is 0 Å². The molecule has 1 atom stereocenters. The molecule has 0 amide bonds. The molecule has 128 valence electrons. The molecule has 0 saturated carbocycles. The van der Waals surface area contributed by atoms with Gasteiger partial charge in [0, 0.05) is 36.6 Å². The van der Waals surface area contributed by atoms with E-state index in [1.807, 2.05) is 23.9 Å². The topological polar surface area (TPSA) is 58.5 Å². The van der Waals surface area contributed by atoms with Crippen LogP contribution >= 0.6 is 11.8 Å². The van der Waals surface area contributed by atoms with Gasteiger partial charge in [0.1, 0.15) is 0 Å². The molecule has 1 saturated heterocycles. The minimum atomic E-state index is 0.321. The van der Waals surface area contributed by atoms with Crippen LogP contribution in [0.3, 0.4) is 0 Å². The zero-order valence-electron chi connectivity index (χ0n) is 14.4. The number of aliphatic imine (C=N–C) groups is 1. The molecule has 0 radical (unpaired) electrons. The lowest BCUT2D eigenvalue weighted by Crippen LogP contribution is -2.43. The third kappa shape index (κ3) is 5.61. The zero-order valence-corrected chi connectivity index (χ0v) is 15.2. The van der Waals surface area contributed by atoms with Crippen LogP contribution in [-0.4, -0.2) is 41.6 Å². The van der Waals surface area contributed by atoms with Gasteiger partial charge in [0.15, 0.2) is 5.96 Å². The predicted molar refractivity (Wildman–Crippen MR) is 98.3 cm³/mol. The Bertz CT molecular complexity index is 515. The summed E-state index contributed by atoms with van der Waals surface area (Å²) in [6, 6.07) is 3.97. The summed E-state index contributed by atoms with van der Waals surface area (Å²) in [4.78, 5) is 8.63. The molecule has 1 aliphatic heterocycles. The first-order valence-electron chi connectivity index (χ1n) is 8.32. The molecule has 1 aliphatic rings. The molecule has 6 heteroatoms. The number of nitrogens with zero attached hydrogens (tertiary/aromatic N) is 2. The van der Waals surface area contributed by atoms with Crippen LogP contribution in [0, 0.1) is 0 Å². The Kier molecular flexibility index (Phi) is 7.02. The van der Waals surface area contributed by atoms with Crippen molar-refractivity contribution in [2.45, 2.75) is 44.4 Å². The van der Waals surface area contributed by atoms with Crippen molar-refractivity contribution in [2.75, 3.05) is 26.0 Å². The highest BCUT2D eigenvalue weighted by Gasteiger charge is 2.29. The van der Waals surface area contributed by atoms with Gasteiger partial charge in [-0.2, -0.15) is 11.8 Å². The highest BCUT2D eigenvalue weighted by Crippen LogP contribution is 2.36. The van der Waals surface area contributed by atoms with Crippen molar-refractivity contribution >= 4 is 17.7 Å². The third-order valence-electron chi connectivity index (χ3n) is 3.89. The van der Waals surface area contributed by atoms with Gasteiger partial charge in [0.2, 0.25) is 5.88 Å². The summed E-state index contributed by atoms with van der Waals surface area (Å²) in [6.07, 6.45) is 5.31. The Labute approximate surface area is 143 Å². The molecule has 5 nitrogen and oxygen atoms in total. The van der Waals surface area contributed by atoms with E-state index in [0.717, 1.165) is 24.5 Å². The fourth-order valence-corrected chi connectivity index (χ4v) is 3.78. The van der Waals surface area contributed by atoms with Crippen LogP contribution in [-0.2, 0) is 6.54 Å². The summed E-state index contributed by atoms with van der Waals surface area (Å²) >= 11 is 2.05. The molecule has 2 heterocycles. The Balaban J connectivity index is 1.85. The van der Waals surface area contributed by atoms with Gasteiger partial charge in [-0.25, -0.2) is 4.98 Å². The Hall–Kier alpha value is -1.43. The van der Waals surface area contributed by atoms with E-state index in [2.05, 4.69) is 34.5 Å². The number of hydrogen-bond acceptors (Lipinski definition) is 4. The van der Waals surface area contributed by atoms with Crippen LogP contribution in [0.15, 0.2) is 23.3 Å². The van der Waals surface area contributed by atoms with Crippen molar-refractivity contribution in [3.8, 4) is 5.88 Å². The second kappa shape index (κ2) is 9.01. The van der Waals surface area contributed by atoms with Gasteiger partial charge in [0.25, 0.3) is 0 Å². The zero-order chi connectivity index (χ0) is 16.5. The number of rotatable bonds is 7. The van der Waals surface area contributed by atoms with Gasteiger partial charge >= 0.3 is 0 Å². The first kappa shape index (κ1) is 17.9. The summed E-state index contributed by atoms with van der Waals surface area (Å²) in [7, 11) is 1.80. The summed E-state index contributed by atoms with van der Waals surface area (Å²) in [5.74, 6) is 2.79. The monoisotopic (exact) mass is 336 g/mol. The maximum atomic E-state index is 5.69. The van der Waals surface area contributed by atoms with Crippen LogP contribution in [0.25, 0.3) is 0 Å². The first-order chi connectivity index (χ1) is 11.2. The lowest BCUT2D eigenvalue weighted by atomic mass is 10.1. The Morgan fingerprint density at radius 2 is 2.35 bits per heavy atom.